The quantitative estimate of drug-likeness (QED) is 0.725. The molecule has 1 atom stereocenters. The maximum absolute atomic E-state index is 13.3. The Hall–Kier alpha value is -2.17. The molecular weight excluding hydrogens is 412 g/mol. The highest BCUT2D eigenvalue weighted by atomic mass is 32.2. The van der Waals surface area contributed by atoms with E-state index in [1.165, 1.54) is 30.3 Å². The van der Waals surface area contributed by atoms with Gasteiger partial charge < -0.3 is 10.0 Å². The van der Waals surface area contributed by atoms with Crippen LogP contribution in [0.25, 0.3) is 0 Å². The number of rotatable bonds is 4. The number of nitrogens with zero attached hydrogens (tertiary/aromatic N) is 1. The van der Waals surface area contributed by atoms with E-state index >= 15 is 0 Å². The fourth-order valence-corrected chi connectivity index (χ4v) is 4.33. The summed E-state index contributed by atoms with van der Waals surface area (Å²) < 4.78 is 75.9. The van der Waals surface area contributed by atoms with Crippen LogP contribution < -0.4 is 10.0 Å². The molecule has 0 spiro atoms. The van der Waals surface area contributed by atoms with Crippen molar-refractivity contribution < 1.29 is 31.1 Å². The molecule has 1 aliphatic heterocycles. The van der Waals surface area contributed by atoms with Crippen LogP contribution in [0.5, 0.6) is 0 Å². The summed E-state index contributed by atoms with van der Waals surface area (Å²) in [5, 5.41) is 15.4. The summed E-state index contributed by atoms with van der Waals surface area (Å²) in [4.78, 5) is 0.742. The zero-order chi connectivity index (χ0) is 21.4. The van der Waals surface area contributed by atoms with Crippen molar-refractivity contribution >= 4 is 15.7 Å². The minimum absolute atomic E-state index is 0.123. The lowest BCUT2D eigenvalue weighted by Gasteiger charge is -2.36. The number of anilines is 1. The molecule has 0 amide bonds. The summed E-state index contributed by atoms with van der Waals surface area (Å²) in [7, 11) is -4.52. The molecular formula is C19H20F4N2O3S. The van der Waals surface area contributed by atoms with E-state index in [-0.39, 0.29) is 11.6 Å². The standard InChI is InChI=1S/C19H20F4N2O3S/c20-14-3-1-12(2-4-14)18(26)13-7-9-25(10-8-13)15-5-6-17(29(24,27)28)16(11-15)19(21,22)23/h1-6,11,13,18,26H,7-10H2,(H2,24,27,28). The first-order valence-electron chi connectivity index (χ1n) is 8.89. The molecule has 0 bridgehead atoms. The smallest absolute Gasteiger partial charge is 0.388 e. The zero-order valence-electron chi connectivity index (χ0n) is 15.2. The van der Waals surface area contributed by atoms with Crippen LogP contribution in [0.3, 0.4) is 0 Å². The molecule has 1 fully saturated rings. The highest BCUT2D eigenvalue weighted by Gasteiger charge is 2.37. The molecule has 158 valence electrons. The van der Waals surface area contributed by atoms with Crippen molar-refractivity contribution in [2.45, 2.75) is 30.0 Å². The van der Waals surface area contributed by atoms with Gasteiger partial charge in [-0.3, -0.25) is 0 Å². The van der Waals surface area contributed by atoms with Crippen molar-refractivity contribution in [3.05, 3.63) is 59.4 Å². The van der Waals surface area contributed by atoms with Gasteiger partial charge in [0.1, 0.15) is 5.82 Å². The van der Waals surface area contributed by atoms with E-state index in [1.807, 2.05) is 0 Å². The average Bonchev–Trinajstić information content (AvgIpc) is 2.66. The van der Waals surface area contributed by atoms with Crippen LogP contribution in [-0.2, 0) is 16.2 Å². The maximum atomic E-state index is 13.3. The predicted octanol–water partition coefficient (Wildman–Crippen LogP) is 3.44. The molecule has 1 saturated heterocycles. The third-order valence-corrected chi connectivity index (χ3v) is 6.11. The van der Waals surface area contributed by atoms with Gasteiger partial charge in [-0.1, -0.05) is 12.1 Å². The first kappa shape index (κ1) is 21.5. The largest absolute Gasteiger partial charge is 0.417 e. The van der Waals surface area contributed by atoms with Gasteiger partial charge in [0, 0.05) is 18.8 Å². The maximum Gasteiger partial charge on any atom is 0.417 e. The fraction of sp³-hybridized carbons (Fsp3) is 0.368. The van der Waals surface area contributed by atoms with Gasteiger partial charge in [0.15, 0.2) is 0 Å². The van der Waals surface area contributed by atoms with Crippen molar-refractivity contribution in [1.82, 2.24) is 0 Å². The van der Waals surface area contributed by atoms with Gasteiger partial charge in [-0.15, -0.1) is 0 Å². The van der Waals surface area contributed by atoms with E-state index < -0.39 is 38.6 Å². The lowest BCUT2D eigenvalue weighted by atomic mass is 9.87. The van der Waals surface area contributed by atoms with Gasteiger partial charge in [-0.25, -0.2) is 17.9 Å². The number of hydrogen-bond acceptors (Lipinski definition) is 4. The minimum atomic E-state index is -4.87. The Morgan fingerprint density at radius 3 is 2.17 bits per heavy atom. The first-order chi connectivity index (χ1) is 13.5. The molecule has 5 nitrogen and oxygen atoms in total. The number of halogens is 4. The number of benzene rings is 2. The second kappa shape index (κ2) is 7.92. The highest BCUT2D eigenvalue weighted by Crippen LogP contribution is 2.38. The average molecular weight is 432 g/mol. The first-order valence-corrected chi connectivity index (χ1v) is 10.4. The van der Waals surface area contributed by atoms with E-state index in [0.717, 1.165) is 12.1 Å². The third kappa shape index (κ3) is 4.88. The molecule has 29 heavy (non-hydrogen) atoms. The Bertz CT molecular complexity index is 970. The number of hydrogen-bond donors (Lipinski definition) is 2. The van der Waals surface area contributed by atoms with Crippen molar-refractivity contribution in [3.8, 4) is 0 Å². The van der Waals surface area contributed by atoms with Crippen molar-refractivity contribution in [3.63, 3.8) is 0 Å². The lowest BCUT2D eigenvalue weighted by Crippen LogP contribution is -2.36. The molecule has 1 unspecified atom stereocenters. The Kier molecular flexibility index (Phi) is 5.88. The van der Waals surface area contributed by atoms with Crippen molar-refractivity contribution in [2.24, 2.45) is 11.1 Å². The van der Waals surface area contributed by atoms with Gasteiger partial charge in [0.2, 0.25) is 10.0 Å². The summed E-state index contributed by atoms with van der Waals surface area (Å²) in [5.74, 6) is -0.526. The molecule has 0 aliphatic carbocycles. The number of nitrogens with two attached hydrogens (primary N) is 1. The molecule has 2 aromatic rings. The molecule has 2 aromatic carbocycles. The fourth-order valence-electron chi connectivity index (χ4n) is 3.59. The number of primary sulfonamides is 1. The summed E-state index contributed by atoms with van der Waals surface area (Å²) in [5.41, 5.74) is -0.480. The number of sulfonamides is 1. The van der Waals surface area contributed by atoms with Crippen LogP contribution >= 0.6 is 0 Å². The minimum Gasteiger partial charge on any atom is -0.388 e. The topological polar surface area (TPSA) is 83.6 Å². The Morgan fingerprint density at radius 2 is 1.66 bits per heavy atom. The van der Waals surface area contributed by atoms with Gasteiger partial charge in [-0.2, -0.15) is 13.2 Å². The summed E-state index contributed by atoms with van der Waals surface area (Å²) >= 11 is 0. The predicted molar refractivity (Wildman–Crippen MR) is 99.1 cm³/mol. The summed E-state index contributed by atoms with van der Waals surface area (Å²) in [6.07, 6.45) is -4.64. The molecule has 1 aliphatic rings. The molecule has 3 rings (SSSR count). The van der Waals surface area contributed by atoms with Gasteiger partial charge >= 0.3 is 6.18 Å². The molecule has 0 radical (unpaired) electrons. The number of piperidine rings is 1. The second-order valence-corrected chi connectivity index (χ2v) is 8.57. The van der Waals surface area contributed by atoms with Crippen LogP contribution in [0.2, 0.25) is 0 Å². The van der Waals surface area contributed by atoms with Crippen LogP contribution in [0.15, 0.2) is 47.4 Å². The van der Waals surface area contributed by atoms with E-state index in [2.05, 4.69) is 0 Å². The molecule has 0 aromatic heterocycles. The molecule has 1 heterocycles. The Morgan fingerprint density at radius 1 is 1.07 bits per heavy atom. The van der Waals surface area contributed by atoms with E-state index in [9.17, 15) is 31.1 Å². The van der Waals surface area contributed by atoms with Crippen LogP contribution in [-0.4, -0.2) is 26.6 Å². The molecule has 3 N–H and O–H groups in total. The normalized spacial score (nSPS) is 17.4. The highest BCUT2D eigenvalue weighted by molar-refractivity contribution is 7.89. The van der Waals surface area contributed by atoms with Crippen LogP contribution in [0.4, 0.5) is 23.2 Å². The Labute approximate surface area is 165 Å². The third-order valence-electron chi connectivity index (χ3n) is 5.14. The lowest BCUT2D eigenvalue weighted by molar-refractivity contribution is -0.139. The number of alkyl halides is 3. The second-order valence-electron chi connectivity index (χ2n) is 7.04. The summed E-state index contributed by atoms with van der Waals surface area (Å²) in [6, 6.07) is 8.50. The van der Waals surface area contributed by atoms with Crippen LogP contribution in [0, 0.1) is 11.7 Å². The van der Waals surface area contributed by atoms with Crippen LogP contribution in [0.1, 0.15) is 30.1 Å². The zero-order valence-corrected chi connectivity index (χ0v) is 16.0. The van der Waals surface area contributed by atoms with E-state index in [4.69, 9.17) is 5.14 Å². The van der Waals surface area contributed by atoms with E-state index in [1.54, 1.807) is 4.90 Å². The molecule has 0 saturated carbocycles. The van der Waals surface area contributed by atoms with Gasteiger partial charge in [0.05, 0.1) is 16.6 Å². The molecule has 10 heteroatoms. The Balaban J connectivity index is 1.76. The monoisotopic (exact) mass is 432 g/mol. The SMILES string of the molecule is NS(=O)(=O)c1ccc(N2CCC(C(O)c3ccc(F)cc3)CC2)cc1C(F)(F)F. The number of aliphatic hydroxyl groups is 1. The van der Waals surface area contributed by atoms with Crippen molar-refractivity contribution in [1.29, 1.82) is 0 Å². The van der Waals surface area contributed by atoms with Gasteiger partial charge in [0.25, 0.3) is 0 Å². The van der Waals surface area contributed by atoms with Gasteiger partial charge in [-0.05, 0) is 54.7 Å². The van der Waals surface area contributed by atoms with Crippen molar-refractivity contribution in [2.75, 3.05) is 18.0 Å². The van der Waals surface area contributed by atoms with E-state index in [0.29, 0.717) is 31.5 Å². The summed E-state index contributed by atoms with van der Waals surface area (Å²) in [6.45, 7) is 0.768. The number of aliphatic hydroxyl groups excluding tert-OH is 1.